The van der Waals surface area contributed by atoms with Crippen molar-refractivity contribution in [1.82, 2.24) is 10.3 Å². The number of halogens is 1. The van der Waals surface area contributed by atoms with E-state index in [2.05, 4.69) is 32.8 Å². The lowest BCUT2D eigenvalue weighted by atomic mass is 10.3. The maximum Gasteiger partial charge on any atom is 0.272 e. The van der Waals surface area contributed by atoms with Gasteiger partial charge in [-0.15, -0.1) is 11.3 Å². The first-order chi connectivity index (χ1) is 6.11. The molecular formula is C8H9BrN2OS. The third-order valence-corrected chi connectivity index (χ3v) is 2.84. The highest BCUT2D eigenvalue weighted by Gasteiger charge is 2.11. The second-order valence-corrected chi connectivity index (χ2v) is 4.79. The fourth-order valence-corrected chi connectivity index (χ4v) is 1.74. The van der Waals surface area contributed by atoms with E-state index >= 15 is 0 Å². The Labute approximate surface area is 89.0 Å². The minimum atomic E-state index is -0.170. The van der Waals surface area contributed by atoms with Crippen LogP contribution in [0, 0.1) is 0 Å². The molecule has 5 heteroatoms. The Hall–Kier alpha value is -0.680. The van der Waals surface area contributed by atoms with Crippen molar-refractivity contribution in [2.75, 3.05) is 6.54 Å². The van der Waals surface area contributed by atoms with Crippen LogP contribution in [0.15, 0.2) is 21.4 Å². The quantitative estimate of drug-likeness (QED) is 0.847. The molecule has 0 aromatic carbocycles. The first kappa shape index (κ1) is 10.4. The molecule has 1 rings (SSSR count). The Kier molecular flexibility index (Phi) is 3.62. The van der Waals surface area contributed by atoms with Crippen LogP contribution in [-0.2, 0) is 0 Å². The Morgan fingerprint density at radius 3 is 3.00 bits per heavy atom. The van der Waals surface area contributed by atoms with Gasteiger partial charge in [-0.05, 0) is 22.9 Å². The van der Waals surface area contributed by atoms with E-state index in [9.17, 15) is 4.79 Å². The van der Waals surface area contributed by atoms with Crippen molar-refractivity contribution in [3.05, 3.63) is 27.1 Å². The van der Waals surface area contributed by atoms with Crippen molar-refractivity contribution in [1.29, 1.82) is 0 Å². The summed E-state index contributed by atoms with van der Waals surface area (Å²) in [6.07, 6.45) is 0. The molecule has 1 amide bonds. The lowest BCUT2D eigenvalue weighted by Crippen LogP contribution is -2.25. The Morgan fingerprint density at radius 2 is 2.54 bits per heavy atom. The zero-order valence-electron chi connectivity index (χ0n) is 7.13. The molecule has 0 aliphatic rings. The molecule has 0 bridgehead atoms. The molecule has 3 nitrogen and oxygen atoms in total. The van der Waals surface area contributed by atoms with Crippen LogP contribution in [-0.4, -0.2) is 17.4 Å². The van der Waals surface area contributed by atoms with E-state index in [0.29, 0.717) is 12.2 Å². The Balaban J connectivity index is 2.59. The number of hydrogen-bond donors (Lipinski definition) is 1. The number of carbonyl (C=O) groups is 1. The number of nitrogens with zero attached hydrogens (tertiary/aromatic N) is 1. The minimum absolute atomic E-state index is 0.170. The summed E-state index contributed by atoms with van der Waals surface area (Å²) in [6.45, 7) is 6.03. The first-order valence-corrected chi connectivity index (χ1v) is 5.30. The topological polar surface area (TPSA) is 42.0 Å². The molecule has 1 aromatic heterocycles. The summed E-state index contributed by atoms with van der Waals surface area (Å²) >= 11 is 4.64. The first-order valence-electron chi connectivity index (χ1n) is 3.63. The van der Waals surface area contributed by atoms with Gasteiger partial charge >= 0.3 is 0 Å². The molecule has 1 aromatic rings. The van der Waals surface area contributed by atoms with Crippen molar-refractivity contribution in [3.8, 4) is 0 Å². The molecular weight excluding hydrogens is 252 g/mol. The SMILES string of the molecule is C=C(C)CNC(=O)c1ncsc1Br. The van der Waals surface area contributed by atoms with Crippen LogP contribution in [0.25, 0.3) is 0 Å². The summed E-state index contributed by atoms with van der Waals surface area (Å²) in [4.78, 5) is 15.3. The number of rotatable bonds is 3. The third-order valence-electron chi connectivity index (χ3n) is 1.29. The van der Waals surface area contributed by atoms with Crippen LogP contribution in [0.4, 0.5) is 0 Å². The van der Waals surface area contributed by atoms with Gasteiger partial charge in [-0.3, -0.25) is 4.79 Å². The van der Waals surface area contributed by atoms with Crippen LogP contribution < -0.4 is 5.32 Å². The Bertz CT molecular complexity index is 335. The standard InChI is InChI=1S/C8H9BrN2OS/c1-5(2)3-10-8(12)6-7(9)13-4-11-6/h4H,1,3H2,2H3,(H,10,12). The molecule has 0 unspecified atom stereocenters. The number of amides is 1. The molecule has 13 heavy (non-hydrogen) atoms. The second kappa shape index (κ2) is 4.53. The van der Waals surface area contributed by atoms with Gasteiger partial charge in [0.05, 0.1) is 5.51 Å². The van der Waals surface area contributed by atoms with E-state index in [4.69, 9.17) is 0 Å². The minimum Gasteiger partial charge on any atom is -0.347 e. The van der Waals surface area contributed by atoms with E-state index in [1.165, 1.54) is 11.3 Å². The fraction of sp³-hybridized carbons (Fsp3) is 0.250. The van der Waals surface area contributed by atoms with E-state index in [0.717, 1.165) is 9.36 Å². The van der Waals surface area contributed by atoms with Crippen molar-refractivity contribution in [2.24, 2.45) is 0 Å². The highest BCUT2D eigenvalue weighted by atomic mass is 79.9. The van der Waals surface area contributed by atoms with E-state index in [1.807, 2.05) is 6.92 Å². The van der Waals surface area contributed by atoms with Gasteiger partial charge in [-0.1, -0.05) is 12.2 Å². The number of aromatic nitrogens is 1. The fourth-order valence-electron chi connectivity index (χ4n) is 0.695. The molecule has 1 heterocycles. The third kappa shape index (κ3) is 2.93. The summed E-state index contributed by atoms with van der Waals surface area (Å²) < 4.78 is 0.756. The van der Waals surface area contributed by atoms with Gasteiger partial charge in [-0.25, -0.2) is 4.98 Å². The lowest BCUT2D eigenvalue weighted by Gasteiger charge is -2.01. The van der Waals surface area contributed by atoms with Crippen LogP contribution in [0.1, 0.15) is 17.4 Å². The van der Waals surface area contributed by atoms with Crippen LogP contribution in [0.5, 0.6) is 0 Å². The van der Waals surface area contributed by atoms with Gasteiger partial charge in [0.15, 0.2) is 5.69 Å². The van der Waals surface area contributed by atoms with Gasteiger partial charge < -0.3 is 5.32 Å². The average Bonchev–Trinajstić information content (AvgIpc) is 2.47. The maximum absolute atomic E-state index is 11.4. The van der Waals surface area contributed by atoms with Crippen LogP contribution in [0.3, 0.4) is 0 Å². The summed E-state index contributed by atoms with van der Waals surface area (Å²) in [7, 11) is 0. The average molecular weight is 261 g/mol. The molecule has 0 saturated carbocycles. The highest BCUT2D eigenvalue weighted by Crippen LogP contribution is 2.20. The Morgan fingerprint density at radius 1 is 1.85 bits per heavy atom. The van der Waals surface area contributed by atoms with Crippen molar-refractivity contribution < 1.29 is 4.79 Å². The van der Waals surface area contributed by atoms with Crippen molar-refractivity contribution in [3.63, 3.8) is 0 Å². The molecule has 0 radical (unpaired) electrons. The zero-order chi connectivity index (χ0) is 9.84. The predicted octanol–water partition coefficient (Wildman–Crippen LogP) is 2.21. The number of thiazole rings is 1. The van der Waals surface area contributed by atoms with Crippen LogP contribution >= 0.6 is 27.3 Å². The van der Waals surface area contributed by atoms with Gasteiger partial charge in [-0.2, -0.15) is 0 Å². The van der Waals surface area contributed by atoms with E-state index < -0.39 is 0 Å². The summed E-state index contributed by atoms with van der Waals surface area (Å²) in [6, 6.07) is 0. The second-order valence-electron chi connectivity index (χ2n) is 2.61. The lowest BCUT2D eigenvalue weighted by molar-refractivity contribution is 0.0952. The van der Waals surface area contributed by atoms with Gasteiger partial charge in [0, 0.05) is 6.54 Å². The molecule has 0 saturated heterocycles. The van der Waals surface area contributed by atoms with Crippen LogP contribution in [0.2, 0.25) is 0 Å². The highest BCUT2D eigenvalue weighted by molar-refractivity contribution is 9.11. The van der Waals surface area contributed by atoms with Crippen molar-refractivity contribution in [2.45, 2.75) is 6.92 Å². The van der Waals surface area contributed by atoms with E-state index in [-0.39, 0.29) is 5.91 Å². The molecule has 0 atom stereocenters. The van der Waals surface area contributed by atoms with Gasteiger partial charge in [0.1, 0.15) is 3.79 Å². The smallest absolute Gasteiger partial charge is 0.272 e. The number of carbonyl (C=O) groups excluding carboxylic acids is 1. The molecule has 1 N–H and O–H groups in total. The van der Waals surface area contributed by atoms with Crippen molar-refractivity contribution >= 4 is 33.2 Å². The largest absolute Gasteiger partial charge is 0.347 e. The summed E-state index contributed by atoms with van der Waals surface area (Å²) in [5.41, 5.74) is 2.98. The molecule has 0 spiro atoms. The number of nitrogens with one attached hydrogen (secondary N) is 1. The summed E-state index contributed by atoms with van der Waals surface area (Å²) in [5, 5.41) is 2.70. The maximum atomic E-state index is 11.4. The number of hydrogen-bond acceptors (Lipinski definition) is 3. The molecule has 0 fully saturated rings. The predicted molar refractivity (Wildman–Crippen MR) is 57.0 cm³/mol. The van der Waals surface area contributed by atoms with Gasteiger partial charge in [0.2, 0.25) is 0 Å². The zero-order valence-corrected chi connectivity index (χ0v) is 9.54. The molecule has 70 valence electrons. The normalized spacial score (nSPS) is 9.69. The van der Waals surface area contributed by atoms with Gasteiger partial charge in [0.25, 0.3) is 5.91 Å². The van der Waals surface area contributed by atoms with E-state index in [1.54, 1.807) is 5.51 Å². The monoisotopic (exact) mass is 260 g/mol. The molecule has 0 aliphatic heterocycles. The summed E-state index contributed by atoms with van der Waals surface area (Å²) in [5.74, 6) is -0.170. The molecule has 0 aliphatic carbocycles.